The summed E-state index contributed by atoms with van der Waals surface area (Å²) in [5.74, 6) is 0.907. The fourth-order valence-electron chi connectivity index (χ4n) is 1.48. The summed E-state index contributed by atoms with van der Waals surface area (Å²) in [7, 11) is -2.68. The molecule has 2 rings (SSSR count). The van der Waals surface area contributed by atoms with E-state index in [2.05, 4.69) is 0 Å². The summed E-state index contributed by atoms with van der Waals surface area (Å²) < 4.78 is 21.7. The first-order valence-corrected chi connectivity index (χ1v) is 5.75. The van der Waals surface area contributed by atoms with Crippen LogP contribution in [-0.2, 0) is 9.84 Å². The lowest BCUT2D eigenvalue weighted by Crippen LogP contribution is -2.34. The van der Waals surface area contributed by atoms with E-state index in [1.54, 1.807) is 0 Å². The molecular formula is C9H10O2S. The lowest BCUT2D eigenvalue weighted by atomic mass is 10.0. The van der Waals surface area contributed by atoms with Crippen LogP contribution in [0.5, 0.6) is 0 Å². The largest absolute Gasteiger partial charge is 0.229 e. The van der Waals surface area contributed by atoms with Crippen LogP contribution in [0.3, 0.4) is 0 Å². The predicted molar refractivity (Wildman–Crippen MR) is 47.8 cm³/mol. The van der Waals surface area contributed by atoms with Gasteiger partial charge in [-0.2, -0.15) is 0 Å². The topological polar surface area (TPSA) is 34.1 Å². The first-order valence-electron chi connectivity index (χ1n) is 3.93. The van der Waals surface area contributed by atoms with E-state index in [4.69, 9.17) is 0 Å². The molecule has 0 bridgehead atoms. The minimum absolute atomic E-state index is 0.246. The van der Waals surface area contributed by atoms with Crippen molar-refractivity contribution in [1.82, 2.24) is 0 Å². The highest BCUT2D eigenvalue weighted by atomic mass is 32.2. The molecule has 1 aliphatic rings. The summed E-state index contributed by atoms with van der Waals surface area (Å²) >= 11 is 0. The van der Waals surface area contributed by atoms with Crippen molar-refractivity contribution in [2.75, 3.05) is 11.5 Å². The summed E-state index contributed by atoms with van der Waals surface area (Å²) in [4.78, 5) is 0. The Bertz CT molecular complexity index is 355. The molecule has 1 saturated heterocycles. The third kappa shape index (κ3) is 1.37. The molecule has 1 fully saturated rings. The second kappa shape index (κ2) is 2.59. The lowest BCUT2D eigenvalue weighted by molar-refractivity contribution is 0.565. The fourth-order valence-corrected chi connectivity index (χ4v) is 3.00. The van der Waals surface area contributed by atoms with E-state index in [-0.39, 0.29) is 5.92 Å². The molecule has 0 radical (unpaired) electrons. The molecule has 0 aromatic heterocycles. The Labute approximate surface area is 72.1 Å². The van der Waals surface area contributed by atoms with Crippen LogP contribution in [0, 0.1) is 0 Å². The van der Waals surface area contributed by atoms with Crippen LogP contribution < -0.4 is 0 Å². The summed E-state index contributed by atoms with van der Waals surface area (Å²) in [6.45, 7) is 0. The quantitative estimate of drug-likeness (QED) is 0.654. The molecule has 0 atom stereocenters. The molecule has 2 nitrogen and oxygen atoms in total. The Morgan fingerprint density at radius 3 is 2.17 bits per heavy atom. The summed E-state index contributed by atoms with van der Waals surface area (Å²) in [5, 5.41) is 0. The zero-order valence-electron chi connectivity index (χ0n) is 6.60. The number of hydrogen-bond acceptors (Lipinski definition) is 2. The van der Waals surface area contributed by atoms with Crippen LogP contribution in [0.1, 0.15) is 11.5 Å². The fraction of sp³-hybridized carbons (Fsp3) is 0.333. The molecular weight excluding hydrogens is 172 g/mol. The average molecular weight is 182 g/mol. The van der Waals surface area contributed by atoms with E-state index in [1.807, 2.05) is 30.3 Å². The second-order valence-electron chi connectivity index (χ2n) is 3.18. The van der Waals surface area contributed by atoms with Gasteiger partial charge < -0.3 is 0 Å². The normalized spacial score (nSPS) is 21.7. The van der Waals surface area contributed by atoms with Crippen LogP contribution in [-0.4, -0.2) is 19.9 Å². The van der Waals surface area contributed by atoms with Gasteiger partial charge in [-0.15, -0.1) is 0 Å². The van der Waals surface area contributed by atoms with Crippen molar-refractivity contribution in [2.45, 2.75) is 5.92 Å². The highest BCUT2D eigenvalue weighted by Gasteiger charge is 2.33. The molecule has 0 aliphatic carbocycles. The minimum atomic E-state index is -2.68. The lowest BCUT2D eigenvalue weighted by Gasteiger charge is -2.25. The van der Waals surface area contributed by atoms with Crippen molar-refractivity contribution in [2.24, 2.45) is 0 Å². The highest BCUT2D eigenvalue weighted by molar-refractivity contribution is 7.92. The third-order valence-electron chi connectivity index (χ3n) is 2.18. The first kappa shape index (κ1) is 7.80. The van der Waals surface area contributed by atoms with Gasteiger partial charge in [0.15, 0.2) is 9.84 Å². The van der Waals surface area contributed by atoms with Gasteiger partial charge in [0.05, 0.1) is 11.5 Å². The smallest absolute Gasteiger partial charge is 0.151 e. The maximum atomic E-state index is 10.9. The molecule has 1 aliphatic heterocycles. The van der Waals surface area contributed by atoms with Gasteiger partial charge in [-0.3, -0.25) is 0 Å². The zero-order chi connectivity index (χ0) is 8.60. The van der Waals surface area contributed by atoms with Gasteiger partial charge in [0.2, 0.25) is 0 Å². The second-order valence-corrected chi connectivity index (χ2v) is 5.34. The Hall–Kier alpha value is -0.830. The van der Waals surface area contributed by atoms with Crippen LogP contribution in [0.2, 0.25) is 0 Å². The molecule has 0 unspecified atom stereocenters. The maximum Gasteiger partial charge on any atom is 0.151 e. The summed E-state index contributed by atoms with van der Waals surface area (Å²) in [6, 6.07) is 9.80. The monoisotopic (exact) mass is 182 g/mol. The minimum Gasteiger partial charge on any atom is -0.229 e. The van der Waals surface area contributed by atoms with Crippen LogP contribution in [0.25, 0.3) is 0 Å². The Balaban J connectivity index is 2.16. The zero-order valence-corrected chi connectivity index (χ0v) is 7.42. The number of benzene rings is 1. The van der Waals surface area contributed by atoms with Gasteiger partial charge in [-0.1, -0.05) is 30.3 Å². The SMILES string of the molecule is O=S1(=O)CC(c2ccccc2)C1. The van der Waals surface area contributed by atoms with Gasteiger partial charge in [-0.05, 0) is 5.56 Å². The first-order chi connectivity index (χ1) is 5.67. The maximum absolute atomic E-state index is 10.9. The van der Waals surface area contributed by atoms with Crippen molar-refractivity contribution < 1.29 is 8.42 Å². The Morgan fingerprint density at radius 1 is 1.08 bits per heavy atom. The van der Waals surface area contributed by atoms with Crippen molar-refractivity contribution in [3.05, 3.63) is 35.9 Å². The molecule has 64 valence electrons. The van der Waals surface area contributed by atoms with Crippen LogP contribution in [0.4, 0.5) is 0 Å². The van der Waals surface area contributed by atoms with E-state index >= 15 is 0 Å². The molecule has 0 saturated carbocycles. The van der Waals surface area contributed by atoms with E-state index in [0.717, 1.165) is 5.56 Å². The van der Waals surface area contributed by atoms with E-state index < -0.39 is 9.84 Å². The number of rotatable bonds is 1. The van der Waals surface area contributed by atoms with Gasteiger partial charge in [-0.25, -0.2) is 8.42 Å². The Morgan fingerprint density at radius 2 is 1.67 bits per heavy atom. The van der Waals surface area contributed by atoms with Crippen LogP contribution in [0.15, 0.2) is 30.3 Å². The standard InChI is InChI=1S/C9H10O2S/c10-12(11)6-9(7-12)8-4-2-1-3-5-8/h1-5,9H,6-7H2. The molecule has 3 heteroatoms. The van der Waals surface area contributed by atoms with Crippen molar-refractivity contribution >= 4 is 9.84 Å². The van der Waals surface area contributed by atoms with Gasteiger partial charge in [0.25, 0.3) is 0 Å². The highest BCUT2D eigenvalue weighted by Crippen LogP contribution is 2.28. The van der Waals surface area contributed by atoms with E-state index in [9.17, 15) is 8.42 Å². The molecule has 0 N–H and O–H groups in total. The van der Waals surface area contributed by atoms with Crippen molar-refractivity contribution in [1.29, 1.82) is 0 Å². The molecule has 1 heterocycles. The van der Waals surface area contributed by atoms with Crippen LogP contribution >= 0.6 is 0 Å². The van der Waals surface area contributed by atoms with E-state index in [1.165, 1.54) is 0 Å². The summed E-state index contributed by atoms with van der Waals surface area (Å²) in [6.07, 6.45) is 0. The third-order valence-corrected chi connectivity index (χ3v) is 4.00. The summed E-state index contributed by atoms with van der Waals surface area (Å²) in [5.41, 5.74) is 1.15. The number of sulfone groups is 1. The van der Waals surface area contributed by atoms with Gasteiger partial charge >= 0.3 is 0 Å². The predicted octanol–water partition coefficient (Wildman–Crippen LogP) is 1.20. The molecule has 0 amide bonds. The van der Waals surface area contributed by atoms with Gasteiger partial charge in [0.1, 0.15) is 0 Å². The van der Waals surface area contributed by atoms with Gasteiger partial charge in [0, 0.05) is 5.92 Å². The molecule has 0 spiro atoms. The molecule has 1 aromatic carbocycles. The van der Waals surface area contributed by atoms with Crippen molar-refractivity contribution in [3.8, 4) is 0 Å². The average Bonchev–Trinajstić information content (AvgIpc) is 2.02. The molecule has 12 heavy (non-hydrogen) atoms. The molecule has 1 aromatic rings. The van der Waals surface area contributed by atoms with E-state index in [0.29, 0.717) is 11.5 Å². The Kier molecular flexibility index (Phi) is 1.68. The number of hydrogen-bond donors (Lipinski definition) is 0. The van der Waals surface area contributed by atoms with Crippen molar-refractivity contribution in [3.63, 3.8) is 0 Å².